The molecule has 2 unspecified atom stereocenters. The lowest BCUT2D eigenvalue weighted by Gasteiger charge is -2.42. The lowest BCUT2D eigenvalue weighted by Crippen LogP contribution is -2.58. The van der Waals surface area contributed by atoms with Crippen LogP contribution in [0, 0.1) is 0 Å². The maximum atomic E-state index is 11.4. The highest BCUT2D eigenvalue weighted by Crippen LogP contribution is 2.30. The summed E-state index contributed by atoms with van der Waals surface area (Å²) in [5.41, 5.74) is 10.7. The van der Waals surface area contributed by atoms with E-state index >= 15 is 0 Å². The van der Waals surface area contributed by atoms with E-state index < -0.39 is 5.54 Å². The maximum Gasteiger partial charge on any atom is 0.237 e. The summed E-state index contributed by atoms with van der Waals surface area (Å²) in [6, 6.07) is 0.890. The molecule has 16 heavy (non-hydrogen) atoms. The highest BCUT2D eigenvalue weighted by Gasteiger charge is 2.39. The van der Waals surface area contributed by atoms with Gasteiger partial charge in [0.2, 0.25) is 5.91 Å². The van der Waals surface area contributed by atoms with Crippen LogP contribution in [0.25, 0.3) is 0 Å². The second-order valence-electron chi connectivity index (χ2n) is 5.19. The normalized spacial score (nSPS) is 31.0. The number of hydrogen-bond acceptors (Lipinski definition) is 3. The van der Waals surface area contributed by atoms with E-state index in [-0.39, 0.29) is 5.91 Å². The van der Waals surface area contributed by atoms with Gasteiger partial charge in [-0.2, -0.15) is 0 Å². The van der Waals surface area contributed by atoms with Gasteiger partial charge < -0.3 is 11.5 Å². The summed E-state index contributed by atoms with van der Waals surface area (Å²) in [6.45, 7) is 7.51. The van der Waals surface area contributed by atoms with Gasteiger partial charge in [0.15, 0.2) is 0 Å². The van der Waals surface area contributed by atoms with E-state index in [1.54, 1.807) is 0 Å². The van der Waals surface area contributed by atoms with Gasteiger partial charge in [0.25, 0.3) is 0 Å². The highest BCUT2D eigenvalue weighted by molar-refractivity contribution is 5.84. The molecule has 1 amide bonds. The lowest BCUT2D eigenvalue weighted by molar-refractivity contribution is -0.125. The molecule has 4 nitrogen and oxygen atoms in total. The van der Waals surface area contributed by atoms with Gasteiger partial charge in [0.05, 0.1) is 5.54 Å². The van der Waals surface area contributed by atoms with Crippen LogP contribution >= 0.6 is 0 Å². The third-order valence-electron chi connectivity index (χ3n) is 3.75. The summed E-state index contributed by atoms with van der Waals surface area (Å²) in [5, 5.41) is 0. The van der Waals surface area contributed by atoms with Crippen molar-refractivity contribution in [3.05, 3.63) is 0 Å². The standard InChI is InChI=1S/C12H25N3O/c1-4-15(9(2)3)10-6-5-7-12(14,8-10)11(13)16/h9-10H,4-8,14H2,1-3H3,(H2,13,16). The molecule has 1 fully saturated rings. The molecule has 1 aliphatic rings. The van der Waals surface area contributed by atoms with E-state index in [4.69, 9.17) is 11.5 Å². The molecule has 0 aromatic rings. The van der Waals surface area contributed by atoms with Crippen LogP contribution in [0.5, 0.6) is 0 Å². The number of primary amides is 1. The van der Waals surface area contributed by atoms with Crippen LogP contribution in [0.1, 0.15) is 46.5 Å². The Morgan fingerprint density at radius 3 is 2.62 bits per heavy atom. The first kappa shape index (κ1) is 13.5. The minimum atomic E-state index is -0.786. The zero-order chi connectivity index (χ0) is 12.3. The smallest absolute Gasteiger partial charge is 0.237 e. The third kappa shape index (κ3) is 2.74. The van der Waals surface area contributed by atoms with Gasteiger partial charge in [-0.15, -0.1) is 0 Å². The van der Waals surface area contributed by atoms with Crippen molar-refractivity contribution in [2.45, 2.75) is 64.1 Å². The molecule has 0 aromatic carbocycles. The average molecular weight is 227 g/mol. The van der Waals surface area contributed by atoms with Crippen molar-refractivity contribution in [2.24, 2.45) is 11.5 Å². The van der Waals surface area contributed by atoms with Crippen molar-refractivity contribution in [2.75, 3.05) is 6.54 Å². The summed E-state index contributed by atoms with van der Waals surface area (Å²) in [7, 11) is 0. The van der Waals surface area contributed by atoms with Crippen molar-refractivity contribution in [1.29, 1.82) is 0 Å². The quantitative estimate of drug-likeness (QED) is 0.747. The zero-order valence-corrected chi connectivity index (χ0v) is 10.7. The van der Waals surface area contributed by atoms with Gasteiger partial charge in [0.1, 0.15) is 0 Å². The van der Waals surface area contributed by atoms with Crippen LogP contribution in [0.3, 0.4) is 0 Å². The molecule has 1 rings (SSSR count). The van der Waals surface area contributed by atoms with Crippen LogP contribution in [-0.2, 0) is 4.79 Å². The first-order valence-corrected chi connectivity index (χ1v) is 6.25. The second-order valence-corrected chi connectivity index (χ2v) is 5.19. The Hall–Kier alpha value is -0.610. The van der Waals surface area contributed by atoms with Gasteiger partial charge in [0, 0.05) is 12.1 Å². The summed E-state index contributed by atoms with van der Waals surface area (Å²) < 4.78 is 0. The molecule has 4 heteroatoms. The van der Waals surface area contributed by atoms with Crippen molar-refractivity contribution in [3.63, 3.8) is 0 Å². The van der Waals surface area contributed by atoms with Crippen LogP contribution in [0.2, 0.25) is 0 Å². The predicted octanol–water partition coefficient (Wildman–Crippen LogP) is 0.842. The van der Waals surface area contributed by atoms with E-state index in [1.807, 2.05) is 0 Å². The van der Waals surface area contributed by atoms with Crippen LogP contribution in [-0.4, -0.2) is 35.0 Å². The molecule has 0 heterocycles. The monoisotopic (exact) mass is 227 g/mol. The molecule has 0 aromatic heterocycles. The molecule has 4 N–H and O–H groups in total. The third-order valence-corrected chi connectivity index (χ3v) is 3.75. The Morgan fingerprint density at radius 2 is 2.19 bits per heavy atom. The summed E-state index contributed by atoms with van der Waals surface area (Å²) in [4.78, 5) is 13.8. The van der Waals surface area contributed by atoms with Crippen LogP contribution in [0.15, 0.2) is 0 Å². The van der Waals surface area contributed by atoms with Crippen LogP contribution in [0.4, 0.5) is 0 Å². The maximum absolute atomic E-state index is 11.4. The fourth-order valence-electron chi connectivity index (χ4n) is 2.83. The molecular formula is C12H25N3O. The molecule has 1 aliphatic carbocycles. The van der Waals surface area contributed by atoms with Gasteiger partial charge in [-0.1, -0.05) is 6.92 Å². The van der Waals surface area contributed by atoms with E-state index in [9.17, 15) is 4.79 Å². The Morgan fingerprint density at radius 1 is 1.56 bits per heavy atom. The topological polar surface area (TPSA) is 72.3 Å². The van der Waals surface area contributed by atoms with Crippen molar-refractivity contribution in [3.8, 4) is 0 Å². The lowest BCUT2D eigenvalue weighted by atomic mass is 9.78. The number of carbonyl (C=O) groups excluding carboxylic acids is 1. The van der Waals surface area contributed by atoms with Gasteiger partial charge in [-0.05, 0) is 46.1 Å². The molecule has 0 spiro atoms. The molecule has 94 valence electrons. The SMILES string of the molecule is CCN(C(C)C)C1CCCC(N)(C(N)=O)C1. The van der Waals surface area contributed by atoms with Crippen molar-refractivity contribution >= 4 is 5.91 Å². The van der Waals surface area contributed by atoms with E-state index in [0.717, 1.165) is 25.8 Å². The molecule has 1 saturated carbocycles. The van der Waals surface area contributed by atoms with E-state index in [0.29, 0.717) is 18.5 Å². The Labute approximate surface area is 98.3 Å². The molecular weight excluding hydrogens is 202 g/mol. The summed E-state index contributed by atoms with van der Waals surface area (Å²) in [6.07, 6.45) is 3.55. The van der Waals surface area contributed by atoms with Gasteiger partial charge in [-0.3, -0.25) is 9.69 Å². The predicted molar refractivity (Wildman–Crippen MR) is 65.9 cm³/mol. The minimum absolute atomic E-state index is 0.350. The fourth-order valence-corrected chi connectivity index (χ4v) is 2.83. The minimum Gasteiger partial charge on any atom is -0.368 e. The van der Waals surface area contributed by atoms with E-state index in [2.05, 4.69) is 25.7 Å². The number of hydrogen-bond donors (Lipinski definition) is 2. The molecule has 0 radical (unpaired) electrons. The summed E-state index contributed by atoms with van der Waals surface area (Å²) in [5.74, 6) is -0.350. The fraction of sp³-hybridized carbons (Fsp3) is 0.917. The Kier molecular flexibility index (Phi) is 4.33. The van der Waals surface area contributed by atoms with Crippen LogP contribution < -0.4 is 11.5 Å². The van der Waals surface area contributed by atoms with Crippen molar-refractivity contribution < 1.29 is 4.79 Å². The first-order chi connectivity index (χ1) is 7.40. The number of nitrogens with two attached hydrogens (primary N) is 2. The first-order valence-electron chi connectivity index (χ1n) is 6.25. The van der Waals surface area contributed by atoms with Gasteiger partial charge >= 0.3 is 0 Å². The molecule has 0 aliphatic heterocycles. The molecule has 0 saturated heterocycles. The van der Waals surface area contributed by atoms with E-state index in [1.165, 1.54) is 0 Å². The number of amides is 1. The molecule has 2 atom stereocenters. The summed E-state index contributed by atoms with van der Waals surface area (Å²) >= 11 is 0. The second kappa shape index (κ2) is 5.15. The largest absolute Gasteiger partial charge is 0.368 e. The van der Waals surface area contributed by atoms with Crippen molar-refractivity contribution in [1.82, 2.24) is 4.90 Å². The van der Waals surface area contributed by atoms with Gasteiger partial charge in [-0.25, -0.2) is 0 Å². The number of nitrogens with zero attached hydrogens (tertiary/aromatic N) is 1. The Bertz CT molecular complexity index is 255. The highest BCUT2D eigenvalue weighted by atomic mass is 16.1. The Balaban J connectivity index is 2.73. The zero-order valence-electron chi connectivity index (χ0n) is 10.7. The molecule has 0 bridgehead atoms. The number of carbonyl (C=O) groups is 1. The number of rotatable bonds is 4. The average Bonchev–Trinajstić information content (AvgIpc) is 2.18.